The number of carbonyl (C=O) groups is 1. The molecule has 1 fully saturated rings. The lowest BCUT2D eigenvalue weighted by Gasteiger charge is -2.20. The number of anilines is 1. The Kier molecular flexibility index (Phi) is 4.14. The summed E-state index contributed by atoms with van der Waals surface area (Å²) in [6, 6.07) is 0.934. The summed E-state index contributed by atoms with van der Waals surface area (Å²) in [5.41, 5.74) is 5.33. The SMILES string of the molecule is CC(NC(=O)c1cc([N+](=O)[O-])cnc1N)C1CCCO1. The molecule has 108 valence electrons. The second-order valence-electron chi connectivity index (χ2n) is 4.70. The first-order chi connectivity index (χ1) is 9.49. The van der Waals surface area contributed by atoms with Crippen LogP contribution in [0.15, 0.2) is 12.3 Å². The molecule has 2 atom stereocenters. The van der Waals surface area contributed by atoms with Gasteiger partial charge in [0.15, 0.2) is 0 Å². The molecule has 0 saturated carbocycles. The molecule has 1 saturated heterocycles. The van der Waals surface area contributed by atoms with Crippen molar-refractivity contribution < 1.29 is 14.5 Å². The van der Waals surface area contributed by atoms with Gasteiger partial charge in [0.25, 0.3) is 11.6 Å². The number of hydrogen-bond acceptors (Lipinski definition) is 6. The van der Waals surface area contributed by atoms with Gasteiger partial charge in [-0.25, -0.2) is 4.98 Å². The summed E-state index contributed by atoms with van der Waals surface area (Å²) >= 11 is 0. The van der Waals surface area contributed by atoms with Crippen LogP contribution < -0.4 is 11.1 Å². The van der Waals surface area contributed by atoms with Crippen LogP contribution >= 0.6 is 0 Å². The van der Waals surface area contributed by atoms with Gasteiger partial charge in [-0.3, -0.25) is 14.9 Å². The lowest BCUT2D eigenvalue weighted by Crippen LogP contribution is -2.41. The van der Waals surface area contributed by atoms with Gasteiger partial charge in [0, 0.05) is 12.7 Å². The highest BCUT2D eigenvalue weighted by atomic mass is 16.6. The van der Waals surface area contributed by atoms with Crippen LogP contribution in [0.3, 0.4) is 0 Å². The van der Waals surface area contributed by atoms with Crippen LogP contribution in [0.5, 0.6) is 0 Å². The summed E-state index contributed by atoms with van der Waals surface area (Å²) < 4.78 is 5.47. The van der Waals surface area contributed by atoms with Crippen molar-refractivity contribution in [2.75, 3.05) is 12.3 Å². The third kappa shape index (κ3) is 3.02. The van der Waals surface area contributed by atoms with E-state index in [1.165, 1.54) is 0 Å². The van der Waals surface area contributed by atoms with Gasteiger partial charge in [-0.15, -0.1) is 0 Å². The maximum atomic E-state index is 12.1. The van der Waals surface area contributed by atoms with Gasteiger partial charge in [0.2, 0.25) is 0 Å². The number of nitrogens with zero attached hydrogens (tertiary/aromatic N) is 2. The van der Waals surface area contributed by atoms with E-state index in [2.05, 4.69) is 10.3 Å². The van der Waals surface area contributed by atoms with E-state index in [1.54, 1.807) is 0 Å². The third-order valence-electron chi connectivity index (χ3n) is 3.24. The van der Waals surface area contributed by atoms with E-state index in [-0.39, 0.29) is 29.2 Å². The third-order valence-corrected chi connectivity index (χ3v) is 3.24. The Morgan fingerprint density at radius 2 is 2.45 bits per heavy atom. The number of hydrogen-bond donors (Lipinski definition) is 2. The molecule has 1 amide bonds. The lowest BCUT2D eigenvalue weighted by molar-refractivity contribution is -0.385. The summed E-state index contributed by atoms with van der Waals surface area (Å²) in [5.74, 6) is -0.519. The molecule has 0 radical (unpaired) electrons. The van der Waals surface area contributed by atoms with Crippen LogP contribution in [0.4, 0.5) is 11.5 Å². The quantitative estimate of drug-likeness (QED) is 0.623. The number of carbonyl (C=O) groups excluding carboxylic acids is 1. The van der Waals surface area contributed by atoms with Crippen LogP contribution in [0, 0.1) is 10.1 Å². The Balaban J connectivity index is 2.11. The molecule has 20 heavy (non-hydrogen) atoms. The fraction of sp³-hybridized carbons (Fsp3) is 0.500. The van der Waals surface area contributed by atoms with E-state index in [9.17, 15) is 14.9 Å². The highest BCUT2D eigenvalue weighted by Gasteiger charge is 2.25. The van der Waals surface area contributed by atoms with E-state index in [0.717, 1.165) is 25.1 Å². The Morgan fingerprint density at radius 1 is 1.70 bits per heavy atom. The molecular weight excluding hydrogens is 264 g/mol. The Labute approximate surface area is 115 Å². The fourth-order valence-electron chi connectivity index (χ4n) is 2.12. The van der Waals surface area contributed by atoms with Crippen molar-refractivity contribution in [1.82, 2.24) is 10.3 Å². The number of pyridine rings is 1. The van der Waals surface area contributed by atoms with E-state index >= 15 is 0 Å². The minimum Gasteiger partial charge on any atom is -0.383 e. The molecule has 0 aromatic carbocycles. The van der Waals surface area contributed by atoms with Gasteiger partial charge in [-0.05, 0) is 19.8 Å². The maximum Gasteiger partial charge on any atom is 0.288 e. The first kappa shape index (κ1) is 14.2. The van der Waals surface area contributed by atoms with Crippen LogP contribution in [0.2, 0.25) is 0 Å². The summed E-state index contributed by atoms with van der Waals surface area (Å²) in [7, 11) is 0. The molecule has 2 unspecified atom stereocenters. The van der Waals surface area contributed by atoms with Crippen molar-refractivity contribution in [2.24, 2.45) is 0 Å². The van der Waals surface area contributed by atoms with Crippen molar-refractivity contribution >= 4 is 17.4 Å². The summed E-state index contributed by atoms with van der Waals surface area (Å²) in [5, 5.41) is 13.4. The number of nitrogen functional groups attached to an aromatic ring is 1. The number of ether oxygens (including phenoxy) is 1. The largest absolute Gasteiger partial charge is 0.383 e. The Hall–Kier alpha value is -2.22. The minimum absolute atomic E-state index is 0.00375. The topological polar surface area (TPSA) is 120 Å². The van der Waals surface area contributed by atoms with E-state index in [0.29, 0.717) is 6.61 Å². The second kappa shape index (κ2) is 5.83. The zero-order valence-corrected chi connectivity index (χ0v) is 11.0. The molecule has 1 aliphatic heterocycles. The Bertz CT molecular complexity index is 528. The van der Waals surface area contributed by atoms with Crippen LogP contribution in [0.1, 0.15) is 30.1 Å². The van der Waals surface area contributed by atoms with Crippen LogP contribution in [-0.2, 0) is 4.74 Å². The van der Waals surface area contributed by atoms with Crippen molar-refractivity contribution in [3.63, 3.8) is 0 Å². The summed E-state index contributed by atoms with van der Waals surface area (Å²) in [4.78, 5) is 25.8. The molecule has 8 nitrogen and oxygen atoms in total. The van der Waals surface area contributed by atoms with Gasteiger partial charge in [0.05, 0.1) is 22.6 Å². The van der Waals surface area contributed by atoms with Gasteiger partial charge in [-0.1, -0.05) is 0 Å². The minimum atomic E-state index is -0.618. The van der Waals surface area contributed by atoms with Crippen LogP contribution in [0.25, 0.3) is 0 Å². The first-order valence-electron chi connectivity index (χ1n) is 6.31. The van der Waals surface area contributed by atoms with Crippen molar-refractivity contribution in [1.29, 1.82) is 0 Å². The fourth-order valence-corrected chi connectivity index (χ4v) is 2.12. The zero-order chi connectivity index (χ0) is 14.7. The average Bonchev–Trinajstić information content (AvgIpc) is 2.92. The smallest absolute Gasteiger partial charge is 0.288 e. The monoisotopic (exact) mass is 280 g/mol. The molecule has 8 heteroatoms. The highest BCUT2D eigenvalue weighted by Crippen LogP contribution is 2.19. The van der Waals surface area contributed by atoms with Gasteiger partial charge in [-0.2, -0.15) is 0 Å². The van der Waals surface area contributed by atoms with E-state index in [1.807, 2.05) is 6.92 Å². The summed E-state index contributed by atoms with van der Waals surface area (Å²) in [6.07, 6.45) is 2.83. The number of amides is 1. The second-order valence-corrected chi connectivity index (χ2v) is 4.70. The first-order valence-corrected chi connectivity index (χ1v) is 6.31. The van der Waals surface area contributed by atoms with Crippen LogP contribution in [-0.4, -0.2) is 34.6 Å². The van der Waals surface area contributed by atoms with Gasteiger partial charge < -0.3 is 15.8 Å². The van der Waals surface area contributed by atoms with Crippen molar-refractivity contribution in [3.8, 4) is 0 Å². The van der Waals surface area contributed by atoms with E-state index in [4.69, 9.17) is 10.5 Å². The molecule has 0 spiro atoms. The molecule has 1 aromatic heterocycles. The number of rotatable bonds is 4. The lowest BCUT2D eigenvalue weighted by atomic mass is 10.1. The molecule has 3 N–H and O–H groups in total. The molecule has 0 aliphatic carbocycles. The van der Waals surface area contributed by atoms with Gasteiger partial charge >= 0.3 is 0 Å². The Morgan fingerprint density at radius 3 is 3.05 bits per heavy atom. The van der Waals surface area contributed by atoms with Gasteiger partial charge in [0.1, 0.15) is 12.0 Å². The molecule has 2 rings (SSSR count). The number of nitrogens with one attached hydrogen (secondary N) is 1. The number of nitrogens with two attached hydrogens (primary N) is 1. The highest BCUT2D eigenvalue weighted by molar-refractivity contribution is 5.99. The standard InChI is InChI=1S/C12H16N4O4/c1-7(10-3-2-4-20-10)15-12(17)9-5-8(16(18)19)6-14-11(9)13/h5-7,10H,2-4H2,1H3,(H2,13,14)(H,15,17). The predicted molar refractivity (Wildman–Crippen MR) is 71.2 cm³/mol. The molecule has 2 heterocycles. The normalized spacial score (nSPS) is 19.6. The molecule has 1 aromatic rings. The average molecular weight is 280 g/mol. The number of nitro groups is 1. The zero-order valence-electron chi connectivity index (χ0n) is 11.0. The number of aromatic nitrogens is 1. The maximum absolute atomic E-state index is 12.1. The predicted octanol–water partition coefficient (Wildman–Crippen LogP) is 0.869. The van der Waals surface area contributed by atoms with Crippen molar-refractivity contribution in [2.45, 2.75) is 31.9 Å². The molecule has 1 aliphatic rings. The molecule has 0 bridgehead atoms. The van der Waals surface area contributed by atoms with E-state index < -0.39 is 10.8 Å². The van der Waals surface area contributed by atoms with Crippen molar-refractivity contribution in [3.05, 3.63) is 27.9 Å². The summed E-state index contributed by atoms with van der Waals surface area (Å²) in [6.45, 7) is 2.51. The molecular formula is C12H16N4O4.